The highest BCUT2D eigenvalue weighted by atomic mass is 16.3. The van der Waals surface area contributed by atoms with Crippen LogP contribution in [0.3, 0.4) is 0 Å². The van der Waals surface area contributed by atoms with Gasteiger partial charge in [-0.1, -0.05) is 25.1 Å². The Labute approximate surface area is 146 Å². The fourth-order valence-corrected chi connectivity index (χ4v) is 3.42. The van der Waals surface area contributed by atoms with Gasteiger partial charge >= 0.3 is 0 Å². The molecule has 0 bridgehead atoms. The lowest BCUT2D eigenvalue weighted by atomic mass is 10.0. The van der Waals surface area contributed by atoms with Crippen molar-refractivity contribution in [3.05, 3.63) is 41.6 Å². The zero-order valence-electron chi connectivity index (χ0n) is 14.5. The summed E-state index contributed by atoms with van der Waals surface area (Å²) in [7, 11) is 1.57. The van der Waals surface area contributed by atoms with Crippen molar-refractivity contribution in [3.8, 4) is 0 Å². The number of rotatable bonds is 4. The van der Waals surface area contributed by atoms with Crippen molar-refractivity contribution >= 4 is 22.7 Å². The molecule has 0 aliphatic carbocycles. The van der Waals surface area contributed by atoms with Gasteiger partial charge in [0, 0.05) is 44.1 Å². The molecule has 0 unspecified atom stereocenters. The molecule has 1 aromatic heterocycles. The molecule has 2 atom stereocenters. The number of pyridine rings is 1. The molecule has 1 saturated heterocycles. The number of carbonyl (C=O) groups excluding carboxylic acids is 2. The number of benzene rings is 1. The number of nitrogens with zero attached hydrogens (tertiary/aromatic N) is 2. The molecule has 25 heavy (non-hydrogen) atoms. The number of hydrogen-bond donors (Lipinski definition) is 2. The maximum absolute atomic E-state index is 13.2. The van der Waals surface area contributed by atoms with Crippen molar-refractivity contribution in [3.63, 3.8) is 0 Å². The van der Waals surface area contributed by atoms with E-state index in [0.29, 0.717) is 18.5 Å². The molecule has 0 spiro atoms. The van der Waals surface area contributed by atoms with Crippen molar-refractivity contribution in [2.24, 2.45) is 5.92 Å². The van der Waals surface area contributed by atoms with Gasteiger partial charge in [0.1, 0.15) is 0 Å². The average Bonchev–Trinajstić information content (AvgIpc) is 3.00. The first-order valence-electron chi connectivity index (χ1n) is 8.59. The van der Waals surface area contributed by atoms with Crippen LogP contribution in [0.1, 0.15) is 29.3 Å². The lowest BCUT2D eigenvalue weighted by Gasteiger charge is -2.19. The Kier molecular flexibility index (Phi) is 4.99. The van der Waals surface area contributed by atoms with Crippen molar-refractivity contribution in [1.29, 1.82) is 0 Å². The highest BCUT2D eigenvalue weighted by Gasteiger charge is 2.36. The first-order valence-corrected chi connectivity index (χ1v) is 8.59. The second-order valence-electron chi connectivity index (χ2n) is 6.44. The maximum Gasteiger partial charge on any atom is 0.254 e. The number of β-amino-alcohol motifs (C(OH)–C–C–N with tert-alkyl or cyclic N) is 1. The van der Waals surface area contributed by atoms with E-state index in [0.717, 1.165) is 16.5 Å². The third kappa shape index (κ3) is 3.35. The number of hydrogen-bond acceptors (Lipinski definition) is 4. The molecule has 2 N–H and O–H groups in total. The van der Waals surface area contributed by atoms with E-state index < -0.39 is 6.10 Å². The van der Waals surface area contributed by atoms with Gasteiger partial charge in [0.05, 0.1) is 17.2 Å². The third-order valence-electron chi connectivity index (χ3n) is 4.87. The molecule has 1 aliphatic heterocycles. The normalized spacial score (nSPS) is 20.0. The molecule has 0 radical (unpaired) electrons. The number of nitrogens with one attached hydrogen (secondary N) is 1. The lowest BCUT2D eigenvalue weighted by molar-refractivity contribution is -0.122. The number of likely N-dealkylation sites (tertiary alicyclic amines) is 1. The summed E-state index contributed by atoms with van der Waals surface area (Å²) < 4.78 is 0. The van der Waals surface area contributed by atoms with Gasteiger partial charge in [-0.25, -0.2) is 0 Å². The van der Waals surface area contributed by atoms with Crippen LogP contribution in [-0.2, 0) is 11.2 Å². The van der Waals surface area contributed by atoms with E-state index in [4.69, 9.17) is 0 Å². The Hall–Kier alpha value is -2.47. The first kappa shape index (κ1) is 17.4. The molecule has 1 fully saturated rings. The maximum atomic E-state index is 13.2. The molecule has 6 nitrogen and oxygen atoms in total. The number of aromatic nitrogens is 1. The number of fused-ring (bicyclic) bond motifs is 1. The Morgan fingerprint density at radius 2 is 2.08 bits per heavy atom. The fourth-order valence-electron chi connectivity index (χ4n) is 3.42. The largest absolute Gasteiger partial charge is 0.391 e. The Bertz CT molecular complexity index is 806. The van der Waals surface area contributed by atoms with Crippen molar-refractivity contribution < 1.29 is 14.7 Å². The Morgan fingerprint density at radius 3 is 2.80 bits per heavy atom. The number of aliphatic hydroxyl groups is 1. The topological polar surface area (TPSA) is 82.5 Å². The highest BCUT2D eigenvalue weighted by Crippen LogP contribution is 2.27. The van der Waals surface area contributed by atoms with Crippen LogP contribution < -0.4 is 5.32 Å². The number of aliphatic hydroxyl groups excluding tert-OH is 1. The summed E-state index contributed by atoms with van der Waals surface area (Å²) >= 11 is 0. The summed E-state index contributed by atoms with van der Waals surface area (Å²) in [6.07, 6.45) is 2.00. The second kappa shape index (κ2) is 7.19. The minimum atomic E-state index is -0.681. The van der Waals surface area contributed by atoms with Crippen molar-refractivity contribution in [1.82, 2.24) is 15.2 Å². The van der Waals surface area contributed by atoms with Crippen LogP contribution >= 0.6 is 0 Å². The predicted molar refractivity (Wildman–Crippen MR) is 95.2 cm³/mol. The van der Waals surface area contributed by atoms with Gasteiger partial charge in [-0.15, -0.1) is 0 Å². The van der Waals surface area contributed by atoms with E-state index in [1.807, 2.05) is 31.2 Å². The van der Waals surface area contributed by atoms with Crippen LogP contribution in [0.5, 0.6) is 0 Å². The van der Waals surface area contributed by atoms with Crippen molar-refractivity contribution in [2.45, 2.75) is 25.9 Å². The smallest absolute Gasteiger partial charge is 0.254 e. The van der Waals surface area contributed by atoms with E-state index in [1.54, 1.807) is 18.1 Å². The summed E-state index contributed by atoms with van der Waals surface area (Å²) in [5.41, 5.74) is 2.33. The SMILES string of the molecule is CCc1cnc2ccccc2c1C(=O)N1C[C@@H](CC(=O)NC)[C@H](O)C1. The van der Waals surface area contributed by atoms with E-state index in [9.17, 15) is 14.7 Å². The van der Waals surface area contributed by atoms with Gasteiger partial charge < -0.3 is 15.3 Å². The molecule has 2 aromatic rings. The number of para-hydroxylation sites is 1. The van der Waals surface area contributed by atoms with E-state index in [2.05, 4.69) is 10.3 Å². The van der Waals surface area contributed by atoms with Gasteiger partial charge in [-0.3, -0.25) is 14.6 Å². The molecule has 1 aromatic carbocycles. The first-order chi connectivity index (χ1) is 12.0. The summed E-state index contributed by atoms with van der Waals surface area (Å²) in [6, 6.07) is 7.59. The van der Waals surface area contributed by atoms with Gasteiger partial charge in [-0.2, -0.15) is 0 Å². The molecular formula is C19H23N3O3. The summed E-state index contributed by atoms with van der Waals surface area (Å²) in [5, 5.41) is 13.7. The Balaban J connectivity index is 1.91. The zero-order chi connectivity index (χ0) is 18.0. The van der Waals surface area contributed by atoms with Gasteiger partial charge in [0.25, 0.3) is 5.91 Å². The number of amides is 2. The quantitative estimate of drug-likeness (QED) is 0.880. The molecule has 0 saturated carbocycles. The summed E-state index contributed by atoms with van der Waals surface area (Å²) in [4.78, 5) is 30.9. The lowest BCUT2D eigenvalue weighted by Crippen LogP contribution is -2.31. The minimum Gasteiger partial charge on any atom is -0.391 e. The number of aryl methyl sites for hydroxylation is 1. The van der Waals surface area contributed by atoms with E-state index in [-0.39, 0.29) is 30.7 Å². The number of carbonyl (C=O) groups is 2. The van der Waals surface area contributed by atoms with Crippen molar-refractivity contribution in [2.75, 3.05) is 20.1 Å². The van der Waals surface area contributed by atoms with Crippen LogP contribution in [0.15, 0.2) is 30.5 Å². The molecule has 3 rings (SSSR count). The van der Waals surface area contributed by atoms with Crippen LogP contribution in [0.4, 0.5) is 0 Å². The second-order valence-corrected chi connectivity index (χ2v) is 6.44. The standard InChI is InChI=1S/C19H23N3O3/c1-3-12-9-21-15-7-5-4-6-14(15)18(12)19(25)22-10-13(16(23)11-22)8-17(24)20-2/h4-7,9,13,16,23H,3,8,10-11H2,1-2H3,(H,20,24)/t13-,16-/m1/s1. The van der Waals surface area contributed by atoms with Crippen LogP contribution in [-0.4, -0.2) is 53.0 Å². The van der Waals surface area contributed by atoms with Crippen LogP contribution in [0.25, 0.3) is 10.9 Å². The van der Waals surface area contributed by atoms with E-state index >= 15 is 0 Å². The van der Waals surface area contributed by atoms with Crippen LogP contribution in [0.2, 0.25) is 0 Å². The summed E-state index contributed by atoms with van der Waals surface area (Å²) in [5.74, 6) is -0.460. The highest BCUT2D eigenvalue weighted by molar-refractivity contribution is 6.07. The van der Waals surface area contributed by atoms with Crippen LogP contribution in [0, 0.1) is 5.92 Å². The third-order valence-corrected chi connectivity index (χ3v) is 4.87. The summed E-state index contributed by atoms with van der Waals surface area (Å²) in [6.45, 7) is 2.63. The fraction of sp³-hybridized carbons (Fsp3) is 0.421. The van der Waals surface area contributed by atoms with Gasteiger partial charge in [0.15, 0.2) is 0 Å². The molecule has 132 valence electrons. The molecule has 2 amide bonds. The molecule has 2 heterocycles. The molecular weight excluding hydrogens is 318 g/mol. The average molecular weight is 341 g/mol. The van der Waals surface area contributed by atoms with E-state index in [1.165, 1.54) is 0 Å². The van der Waals surface area contributed by atoms with Gasteiger partial charge in [-0.05, 0) is 18.1 Å². The Morgan fingerprint density at radius 1 is 1.32 bits per heavy atom. The monoisotopic (exact) mass is 341 g/mol. The molecule has 1 aliphatic rings. The molecule has 6 heteroatoms. The minimum absolute atomic E-state index is 0.103. The zero-order valence-corrected chi connectivity index (χ0v) is 14.5. The van der Waals surface area contributed by atoms with Gasteiger partial charge in [0.2, 0.25) is 5.91 Å². The predicted octanol–water partition coefficient (Wildman–Crippen LogP) is 1.37.